The van der Waals surface area contributed by atoms with Gasteiger partial charge in [0.1, 0.15) is 4.88 Å². The van der Waals surface area contributed by atoms with Crippen molar-refractivity contribution in [3.8, 4) is 0 Å². The van der Waals surface area contributed by atoms with Gasteiger partial charge in [0.05, 0.1) is 24.4 Å². The molecular formula is C18H23N3O2S. The van der Waals surface area contributed by atoms with E-state index in [4.69, 9.17) is 4.74 Å². The summed E-state index contributed by atoms with van der Waals surface area (Å²) in [6, 6.07) is 10.4. The molecule has 1 saturated heterocycles. The van der Waals surface area contributed by atoms with Gasteiger partial charge in [0.25, 0.3) is 5.91 Å². The molecule has 128 valence electrons. The number of carbonyl (C=O) groups is 1. The molecule has 1 aliphatic rings. The van der Waals surface area contributed by atoms with E-state index < -0.39 is 0 Å². The predicted octanol–water partition coefficient (Wildman–Crippen LogP) is 2.12. The van der Waals surface area contributed by atoms with E-state index in [9.17, 15) is 4.79 Å². The Morgan fingerprint density at radius 1 is 1.33 bits per heavy atom. The molecule has 2 aromatic rings. The average Bonchev–Trinajstić information content (AvgIpc) is 3.03. The first kappa shape index (κ1) is 17.1. The van der Waals surface area contributed by atoms with Crippen molar-refractivity contribution in [1.29, 1.82) is 0 Å². The van der Waals surface area contributed by atoms with Crippen LogP contribution in [-0.4, -0.2) is 54.7 Å². The van der Waals surface area contributed by atoms with Crippen LogP contribution < -0.4 is 5.32 Å². The van der Waals surface area contributed by atoms with Gasteiger partial charge in [-0.25, -0.2) is 4.98 Å². The lowest BCUT2D eigenvalue weighted by Crippen LogP contribution is -2.48. The van der Waals surface area contributed by atoms with Gasteiger partial charge in [-0.1, -0.05) is 30.3 Å². The van der Waals surface area contributed by atoms with E-state index in [1.165, 1.54) is 16.9 Å². The number of benzene rings is 1. The van der Waals surface area contributed by atoms with Crippen LogP contribution in [0.5, 0.6) is 0 Å². The topological polar surface area (TPSA) is 54.5 Å². The molecule has 1 aromatic heterocycles. The van der Waals surface area contributed by atoms with Crippen molar-refractivity contribution in [1.82, 2.24) is 15.2 Å². The lowest BCUT2D eigenvalue weighted by atomic mass is 10.0. The van der Waals surface area contributed by atoms with Gasteiger partial charge in [-0.2, -0.15) is 0 Å². The Bertz CT molecular complexity index is 653. The molecule has 24 heavy (non-hydrogen) atoms. The summed E-state index contributed by atoms with van der Waals surface area (Å²) in [6.07, 6.45) is 0.821. The highest BCUT2D eigenvalue weighted by Crippen LogP contribution is 2.13. The van der Waals surface area contributed by atoms with Crippen LogP contribution in [0.15, 0.2) is 35.8 Å². The number of thiazole rings is 1. The average molecular weight is 345 g/mol. The number of aromatic nitrogens is 1. The molecule has 0 aliphatic carbocycles. The van der Waals surface area contributed by atoms with Crippen molar-refractivity contribution in [2.24, 2.45) is 0 Å². The van der Waals surface area contributed by atoms with Gasteiger partial charge >= 0.3 is 0 Å². The fraction of sp³-hybridized carbons (Fsp3) is 0.444. The minimum Gasteiger partial charge on any atom is -0.379 e. The Morgan fingerprint density at radius 2 is 2.08 bits per heavy atom. The molecule has 5 nitrogen and oxygen atoms in total. The lowest BCUT2D eigenvalue weighted by Gasteiger charge is -2.31. The zero-order chi connectivity index (χ0) is 16.8. The highest BCUT2D eigenvalue weighted by atomic mass is 32.1. The van der Waals surface area contributed by atoms with Crippen molar-refractivity contribution in [2.45, 2.75) is 19.4 Å². The minimum absolute atomic E-state index is 0.0239. The SMILES string of the molecule is Cc1ncsc1C(=O)NC(Cc1ccccc1)CN1CCOCC1. The van der Waals surface area contributed by atoms with E-state index in [-0.39, 0.29) is 11.9 Å². The number of aryl methyl sites for hydroxylation is 1. The number of hydrogen-bond acceptors (Lipinski definition) is 5. The van der Waals surface area contributed by atoms with E-state index >= 15 is 0 Å². The molecule has 0 spiro atoms. The van der Waals surface area contributed by atoms with Crippen LogP contribution in [0, 0.1) is 6.92 Å². The number of nitrogens with zero attached hydrogens (tertiary/aromatic N) is 2. The summed E-state index contributed by atoms with van der Waals surface area (Å²) >= 11 is 1.40. The van der Waals surface area contributed by atoms with E-state index in [2.05, 4.69) is 27.3 Å². The molecule has 0 radical (unpaired) electrons. The van der Waals surface area contributed by atoms with Gasteiger partial charge < -0.3 is 10.1 Å². The second-order valence-electron chi connectivity index (χ2n) is 6.04. The Hall–Kier alpha value is -1.76. The molecule has 1 aliphatic heterocycles. The quantitative estimate of drug-likeness (QED) is 0.871. The number of rotatable bonds is 6. The molecule has 1 amide bonds. The van der Waals surface area contributed by atoms with E-state index in [0.717, 1.165) is 45.0 Å². The largest absolute Gasteiger partial charge is 0.379 e. The standard InChI is InChI=1S/C18H23N3O2S/c1-14-17(24-13-19-14)18(22)20-16(11-15-5-3-2-4-6-15)12-21-7-9-23-10-8-21/h2-6,13,16H,7-12H2,1H3,(H,20,22). The Balaban J connectivity index is 1.68. The minimum atomic E-state index is -0.0239. The number of carbonyl (C=O) groups excluding carboxylic acids is 1. The van der Waals surface area contributed by atoms with E-state index in [0.29, 0.717) is 4.88 Å². The van der Waals surface area contributed by atoms with Gasteiger partial charge in [0.2, 0.25) is 0 Å². The molecular weight excluding hydrogens is 322 g/mol. The van der Waals surface area contributed by atoms with Gasteiger partial charge in [-0.15, -0.1) is 11.3 Å². The third-order valence-electron chi connectivity index (χ3n) is 4.19. The van der Waals surface area contributed by atoms with Crippen molar-refractivity contribution in [3.05, 3.63) is 52.0 Å². The summed E-state index contributed by atoms with van der Waals surface area (Å²) < 4.78 is 5.42. The van der Waals surface area contributed by atoms with Crippen LogP contribution in [0.4, 0.5) is 0 Å². The van der Waals surface area contributed by atoms with Crippen LogP contribution >= 0.6 is 11.3 Å². The molecule has 6 heteroatoms. The molecule has 0 bridgehead atoms. The van der Waals surface area contributed by atoms with Gasteiger partial charge in [-0.3, -0.25) is 9.69 Å². The lowest BCUT2D eigenvalue weighted by molar-refractivity contribution is 0.0334. The summed E-state index contributed by atoms with van der Waals surface area (Å²) in [5.74, 6) is -0.0239. The molecule has 1 N–H and O–H groups in total. The van der Waals surface area contributed by atoms with Crippen LogP contribution in [-0.2, 0) is 11.2 Å². The Labute approximate surface area is 146 Å². The fourth-order valence-electron chi connectivity index (χ4n) is 2.93. The first-order chi connectivity index (χ1) is 11.7. The van der Waals surface area contributed by atoms with Crippen LogP contribution in [0.2, 0.25) is 0 Å². The van der Waals surface area contributed by atoms with Crippen molar-refractivity contribution >= 4 is 17.2 Å². The molecule has 1 aromatic carbocycles. The Morgan fingerprint density at radius 3 is 2.75 bits per heavy atom. The second kappa shape index (κ2) is 8.37. The summed E-state index contributed by atoms with van der Waals surface area (Å²) in [5.41, 5.74) is 3.75. The molecule has 1 unspecified atom stereocenters. The molecule has 1 fully saturated rings. The fourth-order valence-corrected chi connectivity index (χ4v) is 3.63. The summed E-state index contributed by atoms with van der Waals surface area (Å²) in [7, 11) is 0. The highest BCUT2D eigenvalue weighted by molar-refractivity contribution is 7.11. The maximum absolute atomic E-state index is 12.6. The molecule has 2 heterocycles. The summed E-state index contributed by atoms with van der Waals surface area (Å²) in [5, 5.41) is 3.21. The smallest absolute Gasteiger partial charge is 0.263 e. The van der Waals surface area contributed by atoms with Crippen molar-refractivity contribution in [2.75, 3.05) is 32.8 Å². The third-order valence-corrected chi connectivity index (χ3v) is 5.12. The first-order valence-corrected chi connectivity index (χ1v) is 9.15. The zero-order valence-corrected chi connectivity index (χ0v) is 14.7. The molecule has 3 rings (SSSR count). The summed E-state index contributed by atoms with van der Waals surface area (Å²) in [6.45, 7) is 6.07. The normalized spacial score (nSPS) is 16.7. The monoisotopic (exact) mass is 345 g/mol. The van der Waals surface area contributed by atoms with Crippen LogP contribution in [0.1, 0.15) is 20.9 Å². The van der Waals surface area contributed by atoms with E-state index in [1.807, 2.05) is 25.1 Å². The number of morpholine rings is 1. The Kier molecular flexibility index (Phi) is 5.96. The van der Waals surface area contributed by atoms with Gasteiger partial charge in [0.15, 0.2) is 0 Å². The number of ether oxygens (including phenoxy) is 1. The maximum Gasteiger partial charge on any atom is 0.263 e. The second-order valence-corrected chi connectivity index (χ2v) is 6.89. The molecule has 0 saturated carbocycles. The zero-order valence-electron chi connectivity index (χ0n) is 13.9. The first-order valence-electron chi connectivity index (χ1n) is 8.27. The number of hydrogen-bond donors (Lipinski definition) is 1. The summed E-state index contributed by atoms with van der Waals surface area (Å²) in [4.78, 5) is 19.8. The van der Waals surface area contributed by atoms with Crippen LogP contribution in [0.3, 0.4) is 0 Å². The van der Waals surface area contributed by atoms with Crippen molar-refractivity contribution < 1.29 is 9.53 Å². The van der Waals surface area contributed by atoms with Gasteiger partial charge in [-0.05, 0) is 18.9 Å². The molecule has 1 atom stereocenters. The number of amides is 1. The van der Waals surface area contributed by atoms with Gasteiger partial charge in [0, 0.05) is 25.7 Å². The number of nitrogens with one attached hydrogen (secondary N) is 1. The third kappa shape index (κ3) is 4.63. The van der Waals surface area contributed by atoms with E-state index in [1.54, 1.807) is 5.51 Å². The predicted molar refractivity (Wildman–Crippen MR) is 95.5 cm³/mol. The van der Waals surface area contributed by atoms with Crippen molar-refractivity contribution in [3.63, 3.8) is 0 Å². The maximum atomic E-state index is 12.6. The highest BCUT2D eigenvalue weighted by Gasteiger charge is 2.21. The van der Waals surface area contributed by atoms with Crippen LogP contribution in [0.25, 0.3) is 0 Å².